The van der Waals surface area contributed by atoms with Gasteiger partial charge in [0.15, 0.2) is 10.1 Å². The molecule has 3 rings (SSSR count). The second-order valence-corrected chi connectivity index (χ2v) is 6.84. The predicted molar refractivity (Wildman–Crippen MR) is 97.1 cm³/mol. The van der Waals surface area contributed by atoms with Crippen LogP contribution in [0, 0.1) is 6.92 Å². The highest BCUT2D eigenvalue weighted by molar-refractivity contribution is 8.13. The zero-order valence-corrected chi connectivity index (χ0v) is 14.2. The number of thiazole rings is 1. The van der Waals surface area contributed by atoms with Gasteiger partial charge in [-0.25, -0.2) is 4.98 Å². The fourth-order valence-electron chi connectivity index (χ4n) is 2.12. The number of thioether (sulfide) groups is 1. The van der Waals surface area contributed by atoms with E-state index in [1.54, 1.807) is 10.5 Å². The highest BCUT2D eigenvalue weighted by Gasteiger charge is 2.07. The smallest absolute Gasteiger partial charge is 0.258 e. The van der Waals surface area contributed by atoms with E-state index in [0.29, 0.717) is 22.4 Å². The molecule has 0 aliphatic rings. The van der Waals surface area contributed by atoms with Crippen molar-refractivity contribution in [3.05, 3.63) is 69.1 Å². The van der Waals surface area contributed by atoms with Gasteiger partial charge in [-0.15, -0.1) is 11.3 Å². The summed E-state index contributed by atoms with van der Waals surface area (Å²) in [5.74, 6) is 0.535. The van der Waals surface area contributed by atoms with Crippen molar-refractivity contribution in [1.82, 2.24) is 9.38 Å². The Kier molecular flexibility index (Phi) is 4.78. The quantitative estimate of drug-likeness (QED) is 0.583. The van der Waals surface area contributed by atoms with E-state index in [4.69, 9.17) is 5.73 Å². The van der Waals surface area contributed by atoms with Crippen molar-refractivity contribution >= 4 is 33.2 Å². The van der Waals surface area contributed by atoms with Crippen molar-refractivity contribution in [3.63, 3.8) is 0 Å². The summed E-state index contributed by atoms with van der Waals surface area (Å²) in [6.45, 7) is 2.45. The third kappa shape index (κ3) is 3.80. The minimum atomic E-state index is -0.0517. The molecular formula is C16H16N4OS2. The molecule has 2 N–H and O–H groups in total. The first-order valence-electron chi connectivity index (χ1n) is 7.07. The van der Waals surface area contributed by atoms with Crippen molar-refractivity contribution in [2.45, 2.75) is 19.2 Å². The number of rotatable bonds is 4. The molecule has 118 valence electrons. The number of aryl methyl sites for hydroxylation is 1. The minimum Gasteiger partial charge on any atom is -0.379 e. The molecular weight excluding hydrogens is 328 g/mol. The first-order chi connectivity index (χ1) is 11.1. The van der Waals surface area contributed by atoms with Crippen LogP contribution in [-0.2, 0) is 12.3 Å². The van der Waals surface area contributed by atoms with Crippen molar-refractivity contribution < 1.29 is 0 Å². The van der Waals surface area contributed by atoms with Gasteiger partial charge < -0.3 is 5.73 Å². The third-order valence-electron chi connectivity index (χ3n) is 3.26. The Balaban J connectivity index is 1.67. The molecule has 0 aliphatic heterocycles. The SMILES string of the molecule is Cc1csc2nc(CSC(N)=NCc3ccccc3)cc(=O)n12. The monoisotopic (exact) mass is 344 g/mol. The Bertz CT molecular complexity index is 899. The molecule has 0 atom stereocenters. The van der Waals surface area contributed by atoms with Crippen LogP contribution in [-0.4, -0.2) is 14.6 Å². The normalized spacial score (nSPS) is 12.0. The number of hydrogen-bond donors (Lipinski definition) is 1. The van der Waals surface area contributed by atoms with Gasteiger partial charge in [-0.05, 0) is 12.5 Å². The lowest BCUT2D eigenvalue weighted by molar-refractivity contribution is 0.998. The largest absolute Gasteiger partial charge is 0.379 e. The summed E-state index contributed by atoms with van der Waals surface area (Å²) in [5, 5.41) is 2.43. The van der Waals surface area contributed by atoms with Crippen molar-refractivity contribution in [3.8, 4) is 0 Å². The molecule has 0 spiro atoms. The summed E-state index contributed by atoms with van der Waals surface area (Å²) in [4.78, 5) is 21.7. The zero-order valence-electron chi connectivity index (χ0n) is 12.6. The van der Waals surface area contributed by atoms with Gasteiger partial charge in [-0.3, -0.25) is 14.2 Å². The summed E-state index contributed by atoms with van der Waals surface area (Å²) in [6, 6.07) is 11.5. The maximum Gasteiger partial charge on any atom is 0.258 e. The van der Waals surface area contributed by atoms with E-state index in [-0.39, 0.29) is 5.56 Å². The molecule has 0 unspecified atom stereocenters. The summed E-state index contributed by atoms with van der Waals surface area (Å²) in [6.07, 6.45) is 0. The van der Waals surface area contributed by atoms with Crippen molar-refractivity contribution in [2.24, 2.45) is 10.7 Å². The van der Waals surface area contributed by atoms with Crippen LogP contribution in [0.15, 0.2) is 51.6 Å². The van der Waals surface area contributed by atoms with E-state index in [2.05, 4.69) is 9.98 Å². The summed E-state index contributed by atoms with van der Waals surface area (Å²) in [5.41, 5.74) is 8.62. The van der Waals surface area contributed by atoms with Crippen LogP contribution < -0.4 is 11.3 Å². The lowest BCUT2D eigenvalue weighted by atomic mass is 10.2. The van der Waals surface area contributed by atoms with Crippen LogP contribution in [0.3, 0.4) is 0 Å². The second kappa shape index (κ2) is 6.97. The van der Waals surface area contributed by atoms with Gasteiger partial charge in [0.05, 0.1) is 12.2 Å². The van der Waals surface area contributed by atoms with E-state index in [9.17, 15) is 4.79 Å². The van der Waals surface area contributed by atoms with Crippen LogP contribution in [0.4, 0.5) is 0 Å². The molecule has 0 amide bonds. The summed E-state index contributed by atoms with van der Waals surface area (Å²) in [7, 11) is 0. The first kappa shape index (κ1) is 15.8. The van der Waals surface area contributed by atoms with E-state index < -0.39 is 0 Å². The van der Waals surface area contributed by atoms with Crippen LogP contribution in [0.1, 0.15) is 17.0 Å². The number of nitrogens with two attached hydrogens (primary N) is 1. The number of fused-ring (bicyclic) bond motifs is 1. The molecule has 0 bridgehead atoms. The van der Waals surface area contributed by atoms with Crippen molar-refractivity contribution in [1.29, 1.82) is 0 Å². The number of aliphatic imine (C=N–C) groups is 1. The van der Waals surface area contributed by atoms with Crippen LogP contribution in [0.25, 0.3) is 4.96 Å². The Morgan fingerprint density at radius 2 is 2.17 bits per heavy atom. The standard InChI is InChI=1S/C16H16N4OS2/c1-11-9-23-16-19-13(7-14(21)20(11)16)10-22-15(17)18-8-12-5-3-2-4-6-12/h2-7,9H,8,10H2,1H3,(H2,17,18). The highest BCUT2D eigenvalue weighted by atomic mass is 32.2. The molecule has 7 heteroatoms. The van der Waals surface area contributed by atoms with E-state index in [0.717, 1.165) is 17.0 Å². The molecule has 1 aromatic carbocycles. The fraction of sp³-hybridized carbons (Fsp3) is 0.188. The minimum absolute atomic E-state index is 0.0517. The molecule has 3 aromatic rings. The van der Waals surface area contributed by atoms with Crippen molar-refractivity contribution in [2.75, 3.05) is 0 Å². The maximum absolute atomic E-state index is 12.1. The molecule has 5 nitrogen and oxygen atoms in total. The molecule has 0 aliphatic carbocycles. The number of amidine groups is 1. The molecule has 2 heterocycles. The maximum atomic E-state index is 12.1. The Hall–Kier alpha value is -2.12. The lowest BCUT2D eigenvalue weighted by Gasteiger charge is -2.02. The fourth-order valence-corrected chi connectivity index (χ4v) is 3.61. The van der Waals surface area contributed by atoms with Crippen LogP contribution in [0.2, 0.25) is 0 Å². The van der Waals surface area contributed by atoms with Gasteiger partial charge in [0.2, 0.25) is 0 Å². The molecule has 0 radical (unpaired) electrons. The molecule has 2 aromatic heterocycles. The van der Waals surface area contributed by atoms with Crippen LogP contribution >= 0.6 is 23.1 Å². The van der Waals surface area contributed by atoms with Gasteiger partial charge in [0, 0.05) is 22.9 Å². The Morgan fingerprint density at radius 3 is 2.96 bits per heavy atom. The molecule has 0 saturated heterocycles. The van der Waals surface area contributed by atoms with Crippen LogP contribution in [0.5, 0.6) is 0 Å². The zero-order chi connectivity index (χ0) is 16.2. The van der Waals surface area contributed by atoms with Gasteiger partial charge in [0.1, 0.15) is 0 Å². The van der Waals surface area contributed by atoms with Gasteiger partial charge in [-0.1, -0.05) is 42.1 Å². The topological polar surface area (TPSA) is 72.8 Å². The number of aromatic nitrogens is 2. The van der Waals surface area contributed by atoms with Gasteiger partial charge in [-0.2, -0.15) is 0 Å². The molecule has 0 saturated carbocycles. The van der Waals surface area contributed by atoms with E-state index in [1.165, 1.54) is 23.1 Å². The average Bonchev–Trinajstić information content (AvgIpc) is 2.93. The van der Waals surface area contributed by atoms with E-state index in [1.807, 2.05) is 42.6 Å². The highest BCUT2D eigenvalue weighted by Crippen LogP contribution is 2.15. The third-order valence-corrected chi connectivity index (χ3v) is 5.07. The Morgan fingerprint density at radius 1 is 1.39 bits per heavy atom. The Labute approximate surface area is 141 Å². The summed E-state index contributed by atoms with van der Waals surface area (Å²) < 4.78 is 1.62. The number of hydrogen-bond acceptors (Lipinski definition) is 5. The predicted octanol–water partition coefficient (Wildman–Crippen LogP) is 2.81. The lowest BCUT2D eigenvalue weighted by Crippen LogP contribution is -2.15. The number of benzene rings is 1. The number of nitrogens with zero attached hydrogens (tertiary/aromatic N) is 3. The van der Waals surface area contributed by atoms with Gasteiger partial charge in [0.25, 0.3) is 5.56 Å². The summed E-state index contributed by atoms with van der Waals surface area (Å²) >= 11 is 2.86. The second-order valence-electron chi connectivity index (χ2n) is 5.01. The molecule has 23 heavy (non-hydrogen) atoms. The first-order valence-corrected chi connectivity index (χ1v) is 8.93. The van der Waals surface area contributed by atoms with E-state index >= 15 is 0 Å². The molecule has 0 fully saturated rings. The van der Waals surface area contributed by atoms with Gasteiger partial charge >= 0.3 is 0 Å². The average molecular weight is 344 g/mol.